The average Bonchev–Trinajstić information content (AvgIpc) is 2.54. The standard InChI is InChI=1S/C15H29N3O4S/c1-4-7-16-14(23)17-12-10-21-11(8-13(12)19)9-22-15(20)18(5-2)6-3/h11-13,19H,4-10H2,1-3H3,(H2,16,17,23)/t11-,12?,13-/m0/s1. The van der Waals surface area contributed by atoms with E-state index in [0.29, 0.717) is 31.2 Å². The van der Waals surface area contributed by atoms with Crippen molar-refractivity contribution in [3.8, 4) is 0 Å². The average molecular weight is 347 g/mol. The van der Waals surface area contributed by atoms with Crippen molar-refractivity contribution >= 4 is 23.4 Å². The molecule has 1 fully saturated rings. The Morgan fingerprint density at radius 2 is 2.09 bits per heavy atom. The van der Waals surface area contributed by atoms with Crippen LogP contribution >= 0.6 is 12.2 Å². The molecule has 1 saturated heterocycles. The fraction of sp³-hybridized carbons (Fsp3) is 0.867. The monoisotopic (exact) mass is 347 g/mol. The van der Waals surface area contributed by atoms with Crippen LogP contribution < -0.4 is 10.6 Å². The van der Waals surface area contributed by atoms with Crippen LogP contribution in [-0.4, -0.2) is 72.3 Å². The molecule has 1 aliphatic rings. The van der Waals surface area contributed by atoms with Crippen LogP contribution in [0.1, 0.15) is 33.6 Å². The molecule has 1 rings (SSSR count). The summed E-state index contributed by atoms with van der Waals surface area (Å²) >= 11 is 5.16. The molecule has 1 heterocycles. The Hall–Kier alpha value is -1.12. The third kappa shape index (κ3) is 6.88. The Morgan fingerprint density at radius 1 is 1.39 bits per heavy atom. The molecule has 0 radical (unpaired) electrons. The van der Waals surface area contributed by atoms with Crippen LogP contribution in [0.25, 0.3) is 0 Å². The summed E-state index contributed by atoms with van der Waals surface area (Å²) in [5, 5.41) is 16.8. The van der Waals surface area contributed by atoms with Gasteiger partial charge in [0, 0.05) is 26.1 Å². The van der Waals surface area contributed by atoms with Gasteiger partial charge in [0.15, 0.2) is 5.11 Å². The van der Waals surface area contributed by atoms with Gasteiger partial charge in [-0.3, -0.25) is 0 Å². The second-order valence-corrected chi connectivity index (χ2v) is 5.92. The molecule has 1 unspecified atom stereocenters. The lowest BCUT2D eigenvalue weighted by Gasteiger charge is -2.34. The number of carbonyl (C=O) groups is 1. The third-order valence-corrected chi connectivity index (χ3v) is 4.01. The van der Waals surface area contributed by atoms with E-state index >= 15 is 0 Å². The highest BCUT2D eigenvalue weighted by Gasteiger charge is 2.31. The predicted molar refractivity (Wildman–Crippen MR) is 92.4 cm³/mol. The Morgan fingerprint density at radius 3 is 2.65 bits per heavy atom. The van der Waals surface area contributed by atoms with Crippen LogP contribution in [0.15, 0.2) is 0 Å². The number of aliphatic hydroxyl groups is 1. The molecule has 1 aliphatic heterocycles. The summed E-state index contributed by atoms with van der Waals surface area (Å²) in [4.78, 5) is 13.4. The van der Waals surface area contributed by atoms with Gasteiger partial charge >= 0.3 is 6.09 Å². The molecule has 1 amide bonds. The van der Waals surface area contributed by atoms with Gasteiger partial charge in [0.05, 0.1) is 24.9 Å². The second kappa shape index (κ2) is 10.6. The zero-order valence-corrected chi connectivity index (χ0v) is 15.0. The minimum Gasteiger partial charge on any atom is -0.447 e. The molecule has 0 aromatic heterocycles. The van der Waals surface area contributed by atoms with E-state index in [4.69, 9.17) is 21.7 Å². The first-order chi connectivity index (χ1) is 11.0. The van der Waals surface area contributed by atoms with Crippen LogP contribution in [0.5, 0.6) is 0 Å². The van der Waals surface area contributed by atoms with E-state index in [1.54, 1.807) is 4.90 Å². The van der Waals surface area contributed by atoms with E-state index < -0.39 is 6.10 Å². The molecule has 0 aromatic carbocycles. The summed E-state index contributed by atoms with van der Waals surface area (Å²) < 4.78 is 10.9. The van der Waals surface area contributed by atoms with Crippen molar-refractivity contribution in [1.82, 2.24) is 15.5 Å². The molecule has 7 nitrogen and oxygen atoms in total. The largest absolute Gasteiger partial charge is 0.447 e. The molecule has 134 valence electrons. The van der Waals surface area contributed by atoms with Gasteiger partial charge in [-0.15, -0.1) is 0 Å². The lowest BCUT2D eigenvalue weighted by Crippen LogP contribution is -2.54. The van der Waals surface area contributed by atoms with Crippen LogP contribution in [0.4, 0.5) is 4.79 Å². The van der Waals surface area contributed by atoms with Crippen molar-refractivity contribution in [2.75, 3.05) is 32.8 Å². The second-order valence-electron chi connectivity index (χ2n) is 5.51. The highest BCUT2D eigenvalue weighted by atomic mass is 32.1. The normalized spacial score (nSPS) is 23.9. The summed E-state index contributed by atoms with van der Waals surface area (Å²) in [5.41, 5.74) is 0. The van der Waals surface area contributed by atoms with Gasteiger partial charge in [0.1, 0.15) is 6.61 Å². The van der Waals surface area contributed by atoms with Gasteiger partial charge in [0.2, 0.25) is 0 Å². The number of ether oxygens (including phenoxy) is 2. The molecule has 0 bridgehead atoms. The maximum absolute atomic E-state index is 11.8. The molecule has 0 aliphatic carbocycles. The van der Waals surface area contributed by atoms with Crippen LogP contribution in [0.2, 0.25) is 0 Å². The molecule has 0 spiro atoms. The minimum absolute atomic E-state index is 0.150. The van der Waals surface area contributed by atoms with Crippen molar-refractivity contribution in [3.63, 3.8) is 0 Å². The summed E-state index contributed by atoms with van der Waals surface area (Å²) in [6.45, 7) is 8.34. The van der Waals surface area contributed by atoms with Crippen LogP contribution in [0.3, 0.4) is 0 Å². The third-order valence-electron chi connectivity index (χ3n) is 3.75. The maximum atomic E-state index is 11.8. The maximum Gasteiger partial charge on any atom is 0.409 e. The van der Waals surface area contributed by atoms with E-state index in [1.807, 2.05) is 13.8 Å². The molecular formula is C15H29N3O4S. The Labute approximate surface area is 143 Å². The van der Waals surface area contributed by atoms with Crippen molar-refractivity contribution < 1.29 is 19.4 Å². The Balaban J connectivity index is 2.32. The number of aliphatic hydroxyl groups excluding tert-OH is 1. The topological polar surface area (TPSA) is 83.1 Å². The van der Waals surface area contributed by atoms with Crippen molar-refractivity contribution in [2.45, 2.75) is 51.9 Å². The van der Waals surface area contributed by atoms with E-state index in [9.17, 15) is 9.90 Å². The number of hydrogen-bond donors (Lipinski definition) is 3. The van der Waals surface area contributed by atoms with Gasteiger partial charge in [-0.05, 0) is 32.5 Å². The predicted octanol–water partition coefficient (Wildman–Crippen LogP) is 0.857. The number of rotatable bonds is 7. The van der Waals surface area contributed by atoms with Gasteiger partial charge < -0.3 is 30.1 Å². The summed E-state index contributed by atoms with van der Waals surface area (Å²) in [6.07, 6.45) is 0.144. The zero-order valence-electron chi connectivity index (χ0n) is 14.2. The van der Waals surface area contributed by atoms with Gasteiger partial charge in [-0.1, -0.05) is 6.92 Å². The number of nitrogens with one attached hydrogen (secondary N) is 2. The number of thiocarbonyl (C=S) groups is 1. The SMILES string of the molecule is CCCNC(=S)NC1CO[C@H](COC(=O)N(CC)CC)C[C@@H]1O. The molecule has 0 aromatic rings. The van der Waals surface area contributed by atoms with Crippen molar-refractivity contribution in [1.29, 1.82) is 0 Å². The number of amides is 1. The van der Waals surface area contributed by atoms with Gasteiger partial charge in [-0.2, -0.15) is 0 Å². The van der Waals surface area contributed by atoms with Crippen LogP contribution in [0, 0.1) is 0 Å². The minimum atomic E-state index is -0.595. The quantitative estimate of drug-likeness (QED) is 0.589. The zero-order chi connectivity index (χ0) is 17.2. The van der Waals surface area contributed by atoms with Gasteiger partial charge in [-0.25, -0.2) is 4.79 Å². The summed E-state index contributed by atoms with van der Waals surface area (Å²) in [7, 11) is 0. The van der Waals surface area contributed by atoms with Gasteiger partial charge in [0.25, 0.3) is 0 Å². The fourth-order valence-corrected chi connectivity index (χ4v) is 2.56. The lowest BCUT2D eigenvalue weighted by atomic mass is 10.0. The van der Waals surface area contributed by atoms with E-state index in [-0.39, 0.29) is 24.8 Å². The molecule has 8 heteroatoms. The van der Waals surface area contributed by atoms with Crippen molar-refractivity contribution in [3.05, 3.63) is 0 Å². The Bertz CT molecular complexity index is 380. The van der Waals surface area contributed by atoms with E-state index in [2.05, 4.69) is 17.6 Å². The molecule has 23 heavy (non-hydrogen) atoms. The highest BCUT2D eigenvalue weighted by molar-refractivity contribution is 7.80. The van der Waals surface area contributed by atoms with Crippen molar-refractivity contribution in [2.24, 2.45) is 0 Å². The van der Waals surface area contributed by atoms with E-state index in [0.717, 1.165) is 13.0 Å². The fourth-order valence-electron chi connectivity index (χ4n) is 2.30. The smallest absolute Gasteiger partial charge is 0.409 e. The lowest BCUT2D eigenvalue weighted by molar-refractivity contribution is -0.0833. The molecule has 3 N–H and O–H groups in total. The number of nitrogens with zero attached hydrogens (tertiary/aromatic N) is 1. The highest BCUT2D eigenvalue weighted by Crippen LogP contribution is 2.15. The molecule has 3 atom stereocenters. The number of carbonyl (C=O) groups excluding carboxylic acids is 1. The molecular weight excluding hydrogens is 318 g/mol. The summed E-state index contributed by atoms with van der Waals surface area (Å²) in [5.74, 6) is 0. The Kier molecular flexibility index (Phi) is 9.20. The van der Waals surface area contributed by atoms with Crippen LogP contribution in [-0.2, 0) is 9.47 Å². The first-order valence-corrected chi connectivity index (χ1v) is 8.68. The first kappa shape index (κ1) is 19.9. The number of hydrogen-bond acceptors (Lipinski definition) is 5. The first-order valence-electron chi connectivity index (χ1n) is 8.27. The molecule has 0 saturated carbocycles. The summed E-state index contributed by atoms with van der Waals surface area (Å²) in [6, 6.07) is -0.249. The van der Waals surface area contributed by atoms with E-state index in [1.165, 1.54) is 0 Å².